The molecular formula is C11H13BrFNO4. The van der Waals surface area contributed by atoms with Gasteiger partial charge in [0, 0.05) is 18.1 Å². The van der Waals surface area contributed by atoms with Crippen LogP contribution in [0.5, 0.6) is 11.5 Å². The summed E-state index contributed by atoms with van der Waals surface area (Å²) < 4.78 is 24.2. The van der Waals surface area contributed by atoms with Crippen LogP contribution in [0.25, 0.3) is 0 Å². The number of nitrogens with two attached hydrogens (primary N) is 1. The molecule has 0 spiro atoms. The maximum atomic E-state index is 14.0. The van der Waals surface area contributed by atoms with Gasteiger partial charge in [0.05, 0.1) is 18.7 Å². The van der Waals surface area contributed by atoms with E-state index in [1.807, 2.05) is 0 Å². The van der Waals surface area contributed by atoms with Crippen LogP contribution in [0.1, 0.15) is 5.56 Å². The molecule has 5 nitrogen and oxygen atoms in total. The minimum atomic E-state index is -1.22. The SMILES string of the molecule is COc1cc(Br)c(F)c(CC(N)C(=O)O)c1OC. The number of hydrogen-bond donors (Lipinski definition) is 2. The predicted molar refractivity (Wildman–Crippen MR) is 66.5 cm³/mol. The maximum absolute atomic E-state index is 14.0. The number of hydrogen-bond acceptors (Lipinski definition) is 4. The van der Waals surface area contributed by atoms with E-state index < -0.39 is 17.8 Å². The fourth-order valence-electron chi connectivity index (χ4n) is 1.50. The zero-order chi connectivity index (χ0) is 13.9. The second kappa shape index (κ2) is 6.01. The highest BCUT2D eigenvalue weighted by Gasteiger charge is 2.23. The highest BCUT2D eigenvalue weighted by Crippen LogP contribution is 2.37. The molecule has 0 bridgehead atoms. The van der Waals surface area contributed by atoms with Crippen molar-refractivity contribution in [1.82, 2.24) is 0 Å². The largest absolute Gasteiger partial charge is 0.493 e. The van der Waals surface area contributed by atoms with Gasteiger partial charge in [-0.1, -0.05) is 0 Å². The van der Waals surface area contributed by atoms with Crippen LogP contribution in [-0.4, -0.2) is 31.3 Å². The van der Waals surface area contributed by atoms with E-state index in [1.54, 1.807) is 0 Å². The average molecular weight is 322 g/mol. The van der Waals surface area contributed by atoms with E-state index in [0.29, 0.717) is 5.75 Å². The van der Waals surface area contributed by atoms with Crippen LogP contribution in [0.15, 0.2) is 10.5 Å². The van der Waals surface area contributed by atoms with E-state index >= 15 is 0 Å². The molecule has 1 aromatic rings. The number of methoxy groups -OCH3 is 2. The normalized spacial score (nSPS) is 12.1. The summed E-state index contributed by atoms with van der Waals surface area (Å²) in [5.74, 6) is -1.37. The maximum Gasteiger partial charge on any atom is 0.320 e. The van der Waals surface area contributed by atoms with E-state index in [2.05, 4.69) is 15.9 Å². The zero-order valence-electron chi connectivity index (χ0n) is 9.87. The van der Waals surface area contributed by atoms with Gasteiger partial charge in [-0.15, -0.1) is 0 Å². The first kappa shape index (κ1) is 14.7. The van der Waals surface area contributed by atoms with Crippen molar-refractivity contribution in [2.45, 2.75) is 12.5 Å². The number of rotatable bonds is 5. The highest BCUT2D eigenvalue weighted by molar-refractivity contribution is 9.10. The highest BCUT2D eigenvalue weighted by atomic mass is 79.9. The first-order chi connectivity index (χ1) is 8.42. The molecule has 0 saturated carbocycles. The number of carboxylic acid groups (broad SMARTS) is 1. The Bertz CT molecular complexity index is 467. The minimum absolute atomic E-state index is 0.0682. The quantitative estimate of drug-likeness (QED) is 0.860. The molecule has 3 N–H and O–H groups in total. The molecule has 0 heterocycles. The van der Waals surface area contributed by atoms with Crippen molar-refractivity contribution >= 4 is 21.9 Å². The summed E-state index contributed by atoms with van der Waals surface area (Å²) in [5, 5.41) is 8.76. The number of ether oxygens (including phenoxy) is 2. The second-order valence-corrected chi connectivity index (χ2v) is 4.39. The molecule has 0 radical (unpaired) electrons. The molecule has 100 valence electrons. The van der Waals surface area contributed by atoms with Crippen LogP contribution < -0.4 is 15.2 Å². The van der Waals surface area contributed by atoms with Crippen molar-refractivity contribution < 1.29 is 23.8 Å². The van der Waals surface area contributed by atoms with Crippen molar-refractivity contribution in [3.8, 4) is 11.5 Å². The van der Waals surface area contributed by atoms with E-state index in [0.717, 1.165) is 0 Å². The fraction of sp³-hybridized carbons (Fsp3) is 0.364. The Morgan fingerprint density at radius 3 is 2.61 bits per heavy atom. The Labute approximate surface area is 112 Å². The van der Waals surface area contributed by atoms with Gasteiger partial charge in [0.25, 0.3) is 0 Å². The number of benzene rings is 1. The number of carbonyl (C=O) groups is 1. The summed E-state index contributed by atoms with van der Waals surface area (Å²) in [5.41, 5.74) is 5.47. The molecule has 1 aromatic carbocycles. The molecule has 0 fully saturated rings. The molecule has 0 aliphatic rings. The van der Waals surface area contributed by atoms with Gasteiger partial charge in [0.1, 0.15) is 11.9 Å². The summed E-state index contributed by atoms with van der Waals surface area (Å²) in [6.45, 7) is 0. The molecule has 0 amide bonds. The molecule has 0 aliphatic heterocycles. The second-order valence-electron chi connectivity index (χ2n) is 3.54. The van der Waals surface area contributed by atoms with Crippen LogP contribution in [0, 0.1) is 5.82 Å². The minimum Gasteiger partial charge on any atom is -0.493 e. The van der Waals surface area contributed by atoms with Gasteiger partial charge in [0.2, 0.25) is 0 Å². The lowest BCUT2D eigenvalue weighted by molar-refractivity contribution is -0.138. The lowest BCUT2D eigenvalue weighted by atomic mass is 10.0. The molecule has 18 heavy (non-hydrogen) atoms. The molecule has 1 unspecified atom stereocenters. The van der Waals surface area contributed by atoms with Gasteiger partial charge < -0.3 is 20.3 Å². The van der Waals surface area contributed by atoms with Crippen LogP contribution in [0.4, 0.5) is 4.39 Å². The van der Waals surface area contributed by atoms with Gasteiger partial charge >= 0.3 is 5.97 Å². The molecular weight excluding hydrogens is 309 g/mol. The molecule has 1 rings (SSSR count). The lowest BCUT2D eigenvalue weighted by Gasteiger charge is -2.16. The Balaban J connectivity index is 3.30. The summed E-state index contributed by atoms with van der Waals surface area (Å²) in [7, 11) is 2.75. The predicted octanol–water partition coefficient (Wildman–Crippen LogP) is 1.56. The van der Waals surface area contributed by atoms with E-state index in [4.69, 9.17) is 20.3 Å². The monoisotopic (exact) mass is 321 g/mol. The Hall–Kier alpha value is -1.34. The third-order valence-corrected chi connectivity index (χ3v) is 2.97. The van der Waals surface area contributed by atoms with Crippen molar-refractivity contribution in [3.05, 3.63) is 21.9 Å². The Morgan fingerprint density at radius 1 is 1.56 bits per heavy atom. The summed E-state index contributed by atoms with van der Waals surface area (Å²) in [4.78, 5) is 10.7. The molecule has 0 saturated heterocycles. The Kier molecular flexibility index (Phi) is 4.92. The standard InChI is InChI=1S/C11H13BrFNO4/c1-17-8-4-6(12)9(13)5(10(8)18-2)3-7(14)11(15)16/h4,7H,3,14H2,1-2H3,(H,15,16). The van der Waals surface area contributed by atoms with Gasteiger partial charge in [-0.05, 0) is 15.9 Å². The van der Waals surface area contributed by atoms with E-state index in [-0.39, 0.29) is 22.2 Å². The van der Waals surface area contributed by atoms with Crippen molar-refractivity contribution in [3.63, 3.8) is 0 Å². The van der Waals surface area contributed by atoms with Gasteiger partial charge in [0.15, 0.2) is 11.5 Å². The number of aliphatic carboxylic acids is 1. The van der Waals surface area contributed by atoms with Crippen molar-refractivity contribution in [1.29, 1.82) is 0 Å². The van der Waals surface area contributed by atoms with Crippen LogP contribution in [-0.2, 0) is 11.2 Å². The molecule has 0 aromatic heterocycles. The van der Waals surface area contributed by atoms with Crippen LogP contribution in [0.3, 0.4) is 0 Å². The third kappa shape index (κ3) is 2.91. The topological polar surface area (TPSA) is 81.8 Å². The lowest BCUT2D eigenvalue weighted by Crippen LogP contribution is -2.32. The smallest absolute Gasteiger partial charge is 0.320 e. The van der Waals surface area contributed by atoms with E-state index in [9.17, 15) is 9.18 Å². The van der Waals surface area contributed by atoms with Crippen molar-refractivity contribution in [2.75, 3.05) is 14.2 Å². The zero-order valence-corrected chi connectivity index (χ0v) is 11.5. The summed E-state index contributed by atoms with van der Waals surface area (Å²) in [6.07, 6.45) is -0.194. The number of carboxylic acids is 1. The first-order valence-electron chi connectivity index (χ1n) is 4.99. The van der Waals surface area contributed by atoms with Crippen LogP contribution in [0.2, 0.25) is 0 Å². The van der Waals surface area contributed by atoms with E-state index in [1.165, 1.54) is 20.3 Å². The summed E-state index contributed by atoms with van der Waals surface area (Å²) >= 11 is 3.03. The third-order valence-electron chi connectivity index (χ3n) is 2.40. The molecule has 7 heteroatoms. The summed E-state index contributed by atoms with van der Waals surface area (Å²) in [6, 6.07) is 0.191. The first-order valence-corrected chi connectivity index (χ1v) is 5.78. The molecule has 0 aliphatic carbocycles. The van der Waals surface area contributed by atoms with Gasteiger partial charge in [-0.25, -0.2) is 4.39 Å². The van der Waals surface area contributed by atoms with Gasteiger partial charge in [-0.2, -0.15) is 0 Å². The molecule has 1 atom stereocenters. The van der Waals surface area contributed by atoms with Gasteiger partial charge in [-0.3, -0.25) is 4.79 Å². The fourth-order valence-corrected chi connectivity index (χ4v) is 1.95. The Morgan fingerprint density at radius 2 is 2.17 bits per heavy atom. The van der Waals surface area contributed by atoms with Crippen LogP contribution >= 0.6 is 15.9 Å². The number of halogens is 2. The average Bonchev–Trinajstić information content (AvgIpc) is 2.34. The van der Waals surface area contributed by atoms with Crippen molar-refractivity contribution in [2.24, 2.45) is 5.73 Å².